The molecule has 1 aromatic heterocycles. The second-order valence-corrected chi connectivity index (χ2v) is 7.83. The molecule has 4 rings (SSSR count). The van der Waals surface area contributed by atoms with Crippen molar-refractivity contribution >= 4 is 5.96 Å². The molecule has 2 aliphatic rings. The van der Waals surface area contributed by atoms with Crippen LogP contribution in [0, 0.1) is 5.41 Å². The molecule has 1 saturated heterocycles. The highest BCUT2D eigenvalue weighted by Gasteiger charge is 2.40. The van der Waals surface area contributed by atoms with E-state index < -0.39 is 0 Å². The minimum absolute atomic E-state index is 0.572. The molecule has 2 aromatic rings. The highest BCUT2D eigenvalue weighted by molar-refractivity contribution is 5.80. The minimum atomic E-state index is 0.572. The Labute approximate surface area is 156 Å². The van der Waals surface area contributed by atoms with Crippen LogP contribution in [0.3, 0.4) is 0 Å². The lowest BCUT2D eigenvalue weighted by Gasteiger charge is -2.26. The molecule has 1 aliphatic heterocycles. The van der Waals surface area contributed by atoms with E-state index in [1.54, 1.807) is 0 Å². The first-order valence-corrected chi connectivity index (χ1v) is 9.76. The molecule has 0 atom stereocenters. The Morgan fingerprint density at radius 2 is 2.08 bits per heavy atom. The van der Waals surface area contributed by atoms with Crippen molar-refractivity contribution in [3.63, 3.8) is 0 Å². The average Bonchev–Trinajstić information content (AvgIpc) is 3.40. The molecule has 1 aliphatic carbocycles. The second kappa shape index (κ2) is 7.52. The van der Waals surface area contributed by atoms with Crippen LogP contribution in [0.2, 0.25) is 0 Å². The summed E-state index contributed by atoms with van der Waals surface area (Å²) >= 11 is 0. The number of imidazole rings is 1. The van der Waals surface area contributed by atoms with E-state index in [-0.39, 0.29) is 0 Å². The predicted molar refractivity (Wildman–Crippen MR) is 105 cm³/mol. The van der Waals surface area contributed by atoms with Gasteiger partial charge < -0.3 is 14.8 Å². The molecule has 138 valence electrons. The molecule has 1 N–H and O–H groups in total. The second-order valence-electron chi connectivity index (χ2n) is 7.83. The summed E-state index contributed by atoms with van der Waals surface area (Å²) in [7, 11) is 1.90. The normalized spacial score (nSPS) is 19.4. The van der Waals surface area contributed by atoms with Crippen LogP contribution in [-0.2, 0) is 13.1 Å². The third-order valence-electron chi connectivity index (χ3n) is 5.98. The van der Waals surface area contributed by atoms with Crippen molar-refractivity contribution in [3.8, 4) is 0 Å². The summed E-state index contributed by atoms with van der Waals surface area (Å²) in [5, 5.41) is 3.58. The number of likely N-dealkylation sites (tertiary alicyclic amines) is 1. The third-order valence-corrected chi connectivity index (χ3v) is 5.98. The van der Waals surface area contributed by atoms with E-state index in [0.717, 1.165) is 25.6 Å². The summed E-state index contributed by atoms with van der Waals surface area (Å²) in [5.41, 5.74) is 3.16. The molecule has 5 nitrogen and oxygen atoms in total. The lowest BCUT2D eigenvalue weighted by Crippen LogP contribution is -2.40. The Morgan fingerprint density at radius 3 is 2.85 bits per heavy atom. The predicted octanol–water partition coefficient (Wildman–Crippen LogP) is 3.27. The summed E-state index contributed by atoms with van der Waals surface area (Å²) in [6, 6.07) is 8.75. The van der Waals surface area contributed by atoms with Gasteiger partial charge in [0.2, 0.25) is 0 Å². The molecule has 26 heavy (non-hydrogen) atoms. The first-order chi connectivity index (χ1) is 12.8. The van der Waals surface area contributed by atoms with E-state index in [0.29, 0.717) is 5.41 Å². The van der Waals surface area contributed by atoms with Gasteiger partial charge in [-0.25, -0.2) is 4.98 Å². The molecular weight excluding hydrogens is 322 g/mol. The van der Waals surface area contributed by atoms with Gasteiger partial charge in [0.15, 0.2) is 5.96 Å². The summed E-state index contributed by atoms with van der Waals surface area (Å²) in [6.07, 6.45) is 12.6. The topological polar surface area (TPSA) is 45.5 Å². The quantitative estimate of drug-likeness (QED) is 0.679. The maximum absolute atomic E-state index is 4.54. The number of rotatable bonds is 4. The number of hydrogen-bond donors (Lipinski definition) is 1. The Kier molecular flexibility index (Phi) is 4.96. The first-order valence-electron chi connectivity index (χ1n) is 9.76. The van der Waals surface area contributed by atoms with Gasteiger partial charge in [0.05, 0.1) is 6.33 Å². The number of guanidine groups is 1. The Hall–Kier alpha value is -2.30. The summed E-state index contributed by atoms with van der Waals surface area (Å²) in [6.45, 7) is 3.98. The van der Waals surface area contributed by atoms with Gasteiger partial charge in [-0.15, -0.1) is 0 Å². The molecule has 1 aromatic carbocycles. The summed E-state index contributed by atoms with van der Waals surface area (Å²) < 4.78 is 2.09. The SMILES string of the molecule is CN=C(NCc1cccc(Cn2ccnc2)c1)N1CCC2(CCCC2)C1. The van der Waals surface area contributed by atoms with E-state index in [2.05, 4.69) is 49.0 Å². The van der Waals surface area contributed by atoms with Gasteiger partial charge in [-0.3, -0.25) is 4.99 Å². The molecule has 0 amide bonds. The van der Waals surface area contributed by atoms with Crippen molar-refractivity contribution in [2.24, 2.45) is 10.4 Å². The van der Waals surface area contributed by atoms with Crippen LogP contribution in [0.4, 0.5) is 0 Å². The molecule has 2 fully saturated rings. The van der Waals surface area contributed by atoms with Gasteiger partial charge in [-0.05, 0) is 35.8 Å². The van der Waals surface area contributed by atoms with Gasteiger partial charge in [0, 0.05) is 45.6 Å². The van der Waals surface area contributed by atoms with Crippen LogP contribution in [-0.4, -0.2) is 40.5 Å². The van der Waals surface area contributed by atoms with Gasteiger partial charge in [0.1, 0.15) is 0 Å². The maximum atomic E-state index is 4.54. The van der Waals surface area contributed by atoms with Gasteiger partial charge in [0.25, 0.3) is 0 Å². The van der Waals surface area contributed by atoms with Crippen LogP contribution in [0.5, 0.6) is 0 Å². The Morgan fingerprint density at radius 1 is 1.23 bits per heavy atom. The van der Waals surface area contributed by atoms with E-state index in [1.807, 2.05) is 25.8 Å². The zero-order valence-electron chi connectivity index (χ0n) is 15.7. The summed E-state index contributed by atoms with van der Waals surface area (Å²) in [4.78, 5) is 11.1. The van der Waals surface area contributed by atoms with E-state index >= 15 is 0 Å². The fraction of sp³-hybridized carbons (Fsp3) is 0.524. The first kappa shape index (κ1) is 17.1. The largest absolute Gasteiger partial charge is 0.352 e. The maximum Gasteiger partial charge on any atom is 0.193 e. The van der Waals surface area contributed by atoms with Crippen molar-refractivity contribution in [1.29, 1.82) is 0 Å². The highest BCUT2D eigenvalue weighted by atomic mass is 15.3. The standard InChI is InChI=1S/C21H29N5/c1-22-20(26-11-9-21(16-26)7-2-3-8-21)24-14-18-5-4-6-19(13-18)15-25-12-10-23-17-25/h4-6,10,12-13,17H,2-3,7-9,11,14-16H2,1H3,(H,22,24). The zero-order chi connectivity index (χ0) is 17.8. The minimum Gasteiger partial charge on any atom is -0.352 e. The molecule has 0 unspecified atom stereocenters. The lowest BCUT2D eigenvalue weighted by molar-refractivity contribution is 0.309. The van der Waals surface area contributed by atoms with E-state index in [4.69, 9.17) is 0 Å². The number of hydrogen-bond acceptors (Lipinski definition) is 2. The van der Waals surface area contributed by atoms with E-state index in [9.17, 15) is 0 Å². The number of nitrogens with one attached hydrogen (secondary N) is 1. The van der Waals surface area contributed by atoms with Crippen molar-refractivity contribution < 1.29 is 0 Å². The highest BCUT2D eigenvalue weighted by Crippen LogP contribution is 2.45. The molecule has 5 heteroatoms. The van der Waals surface area contributed by atoms with Gasteiger partial charge in [-0.2, -0.15) is 0 Å². The lowest BCUT2D eigenvalue weighted by atomic mass is 9.86. The molecule has 2 heterocycles. The Balaban J connectivity index is 1.35. The van der Waals surface area contributed by atoms with Crippen molar-refractivity contribution in [1.82, 2.24) is 19.8 Å². The molecule has 0 bridgehead atoms. The summed E-state index contributed by atoms with van der Waals surface area (Å²) in [5.74, 6) is 1.05. The number of nitrogens with zero attached hydrogens (tertiary/aromatic N) is 4. The van der Waals surface area contributed by atoms with Crippen LogP contribution >= 0.6 is 0 Å². The fourth-order valence-corrected chi connectivity index (χ4v) is 4.59. The van der Waals surface area contributed by atoms with Crippen LogP contribution in [0.25, 0.3) is 0 Å². The monoisotopic (exact) mass is 351 g/mol. The average molecular weight is 351 g/mol. The molecule has 1 saturated carbocycles. The fourth-order valence-electron chi connectivity index (χ4n) is 4.59. The zero-order valence-corrected chi connectivity index (χ0v) is 15.7. The van der Waals surface area contributed by atoms with Gasteiger partial charge in [-0.1, -0.05) is 37.1 Å². The smallest absolute Gasteiger partial charge is 0.193 e. The Bertz CT molecular complexity index is 744. The van der Waals surface area contributed by atoms with Crippen molar-refractivity contribution in [2.75, 3.05) is 20.1 Å². The van der Waals surface area contributed by atoms with E-state index in [1.165, 1.54) is 49.8 Å². The number of aromatic nitrogens is 2. The van der Waals surface area contributed by atoms with Crippen LogP contribution in [0.1, 0.15) is 43.2 Å². The van der Waals surface area contributed by atoms with Gasteiger partial charge >= 0.3 is 0 Å². The molecule has 0 radical (unpaired) electrons. The molecule has 1 spiro atoms. The van der Waals surface area contributed by atoms with Crippen LogP contribution in [0.15, 0.2) is 48.0 Å². The van der Waals surface area contributed by atoms with Crippen LogP contribution < -0.4 is 5.32 Å². The number of aliphatic imine (C=N–C) groups is 1. The third kappa shape index (κ3) is 3.76. The molecular formula is C21H29N5. The number of benzene rings is 1. The van der Waals surface area contributed by atoms with Crippen molar-refractivity contribution in [3.05, 3.63) is 54.1 Å². The van der Waals surface area contributed by atoms with Crippen molar-refractivity contribution in [2.45, 2.75) is 45.2 Å².